The summed E-state index contributed by atoms with van der Waals surface area (Å²) in [4.78, 5) is 14.5. The van der Waals surface area contributed by atoms with E-state index in [0.717, 1.165) is 4.57 Å². The zero-order valence-electron chi connectivity index (χ0n) is 42.6. The van der Waals surface area contributed by atoms with Crippen molar-refractivity contribution in [2.45, 2.75) is 0 Å². The third-order valence-corrected chi connectivity index (χ3v) is 8.72. The topological polar surface area (TPSA) is 72.3 Å². The third-order valence-electron chi connectivity index (χ3n) is 8.72. The van der Waals surface area contributed by atoms with Gasteiger partial charge in [-0.15, -0.1) is 0 Å². The Morgan fingerprint density at radius 1 is 0.462 bits per heavy atom. The normalized spacial score (nSPS) is 15.8. The van der Waals surface area contributed by atoms with Gasteiger partial charge in [-0.1, -0.05) is 133 Å². The van der Waals surface area contributed by atoms with E-state index >= 15 is 0 Å². The molecule has 0 saturated carbocycles. The molecule has 0 fully saturated rings. The molecule has 6 nitrogen and oxygen atoms in total. The lowest BCUT2D eigenvalue weighted by atomic mass is 10.0. The van der Waals surface area contributed by atoms with Crippen molar-refractivity contribution in [1.29, 1.82) is 5.26 Å². The Bertz CT molecular complexity index is 3730. The maximum atomic E-state index is 11.2. The first-order valence-electron chi connectivity index (χ1n) is 23.9. The van der Waals surface area contributed by atoms with Crippen LogP contribution in [-0.4, -0.2) is 24.1 Å². The van der Waals surface area contributed by atoms with Crippen LogP contribution in [0.25, 0.3) is 89.2 Å². The molecule has 0 saturated heterocycles. The molecule has 0 unspecified atom stereocenters. The number of nitrogens with zero attached hydrogens (tertiary/aromatic N) is 6. The summed E-state index contributed by atoms with van der Waals surface area (Å²) in [5.74, 6) is 0.186. The number of hydrogen-bond donors (Lipinski definition) is 0. The van der Waals surface area contributed by atoms with Crippen LogP contribution in [-0.2, 0) is 0 Å². The molecule has 0 amide bonds. The third kappa shape index (κ3) is 4.61. The van der Waals surface area contributed by atoms with Crippen LogP contribution in [0.15, 0.2) is 169 Å². The number of rotatable bonds is 5. The molecule has 0 aliphatic heterocycles. The predicted octanol–water partition coefficient (Wildman–Crippen LogP) is 10.9. The summed E-state index contributed by atoms with van der Waals surface area (Å²) in [6.07, 6.45) is 0. The molecule has 0 aliphatic rings. The van der Waals surface area contributed by atoms with Gasteiger partial charge in [0.25, 0.3) is 0 Å². The fraction of sp³-hybridized carbons (Fsp3) is 0. The average molecular weight is 681 g/mol. The minimum absolute atomic E-state index is 0.0507. The van der Waals surface area contributed by atoms with Gasteiger partial charge in [0.05, 0.1) is 60.9 Å². The van der Waals surface area contributed by atoms with Crippen LogP contribution in [0.5, 0.6) is 0 Å². The number of para-hydroxylation sites is 4. The van der Waals surface area contributed by atoms with Crippen molar-refractivity contribution in [3.05, 3.63) is 175 Å². The minimum Gasteiger partial charge on any atom is -0.308 e. The monoisotopic (exact) mass is 680 g/mol. The van der Waals surface area contributed by atoms with Gasteiger partial charge in [0.2, 0.25) is 0 Å². The number of nitriles is 1. The van der Waals surface area contributed by atoms with Gasteiger partial charge in [-0.2, -0.15) is 5.26 Å². The molecule has 10 aromatic rings. The van der Waals surface area contributed by atoms with E-state index in [1.54, 1.807) is 60.7 Å². The van der Waals surface area contributed by atoms with Gasteiger partial charge in [-0.3, -0.25) is 0 Å². The van der Waals surface area contributed by atoms with Crippen molar-refractivity contribution in [1.82, 2.24) is 24.1 Å². The number of fused-ring (bicyclic) bond motifs is 6. The van der Waals surface area contributed by atoms with Crippen LogP contribution in [0.4, 0.5) is 0 Å². The number of aromatic nitrogens is 5. The zero-order valence-corrected chi connectivity index (χ0v) is 26.6. The van der Waals surface area contributed by atoms with Crippen molar-refractivity contribution in [3.63, 3.8) is 0 Å². The van der Waals surface area contributed by atoms with E-state index in [9.17, 15) is 10.7 Å². The molecular formula is C46H28N6. The fourth-order valence-electron chi connectivity index (χ4n) is 6.47. The summed E-state index contributed by atoms with van der Waals surface area (Å²) >= 11 is 0. The molecule has 242 valence electrons. The van der Waals surface area contributed by atoms with E-state index in [1.807, 2.05) is 0 Å². The average Bonchev–Trinajstić information content (AvgIpc) is 3.91. The number of hydrogen-bond acceptors (Lipinski definition) is 4. The molecule has 0 aliphatic carbocycles. The Morgan fingerprint density at radius 2 is 0.846 bits per heavy atom. The second-order valence-corrected chi connectivity index (χ2v) is 11.6. The van der Waals surface area contributed by atoms with Crippen molar-refractivity contribution in [2.75, 3.05) is 0 Å². The number of benzene rings is 7. The summed E-state index contributed by atoms with van der Waals surface area (Å²) in [5, 5.41) is 10.0. The molecule has 52 heavy (non-hydrogen) atoms. The molecule has 0 spiro atoms. The molecule has 6 heteroatoms. The van der Waals surface area contributed by atoms with Crippen molar-refractivity contribution < 1.29 is 21.9 Å². The minimum atomic E-state index is -0.723. The van der Waals surface area contributed by atoms with Gasteiger partial charge in [0.1, 0.15) is 6.07 Å². The lowest BCUT2D eigenvalue weighted by Gasteiger charge is -2.18. The fourth-order valence-corrected chi connectivity index (χ4v) is 6.47. The molecule has 0 atom stereocenters. The Balaban J connectivity index is 1.49. The first-order valence-corrected chi connectivity index (χ1v) is 15.9. The van der Waals surface area contributed by atoms with Crippen LogP contribution in [0.1, 0.15) is 27.5 Å². The first-order chi connectivity index (χ1) is 32.4. The van der Waals surface area contributed by atoms with Crippen molar-refractivity contribution in [3.8, 4) is 51.6 Å². The lowest BCUT2D eigenvalue weighted by molar-refractivity contribution is 1.06. The maximum absolute atomic E-state index is 11.2. The zero-order chi connectivity index (χ0) is 48.5. The van der Waals surface area contributed by atoms with Gasteiger partial charge in [-0.05, 0) is 36.3 Å². The highest BCUT2D eigenvalue weighted by Gasteiger charge is 2.23. The largest absolute Gasteiger partial charge is 0.308 e. The van der Waals surface area contributed by atoms with Gasteiger partial charge in [0.15, 0.2) is 17.5 Å². The second-order valence-electron chi connectivity index (χ2n) is 11.6. The second kappa shape index (κ2) is 11.9. The van der Waals surface area contributed by atoms with Crippen molar-refractivity contribution in [2.24, 2.45) is 0 Å². The predicted molar refractivity (Wildman–Crippen MR) is 210 cm³/mol. The first kappa shape index (κ1) is 17.5. The Morgan fingerprint density at radius 3 is 1.27 bits per heavy atom. The molecular weight excluding hydrogens is 637 g/mol. The standard InChI is InChI=1S/C46H28N6/c47-29-32-27-37(46-49-44(30-15-3-1-4-16-30)48-45(50-46)31-17-5-2-6-18-31)43(52-40-25-13-9-21-35(40)36-22-10-14-26-41(36)52)28-42(32)51-38-23-11-7-19-33(38)34-20-8-12-24-39(34)51/h1-28H/i7D,8D,9D,10D,11D,12D,13D,14D,19D,20D,21D,22D,23D,24D,25D,26D. The molecule has 7 aromatic carbocycles. The van der Waals surface area contributed by atoms with Crippen LogP contribution in [0, 0.1) is 11.3 Å². The highest BCUT2D eigenvalue weighted by atomic mass is 15.1. The smallest absolute Gasteiger partial charge is 0.166 e. The van der Waals surface area contributed by atoms with E-state index in [4.69, 9.17) is 31.4 Å². The maximum Gasteiger partial charge on any atom is 0.166 e. The van der Waals surface area contributed by atoms with Gasteiger partial charge >= 0.3 is 0 Å². The molecule has 3 heterocycles. The summed E-state index contributed by atoms with van der Waals surface area (Å²) in [7, 11) is 0. The van der Waals surface area contributed by atoms with E-state index in [0.29, 0.717) is 11.1 Å². The van der Waals surface area contributed by atoms with Crippen LogP contribution < -0.4 is 0 Å². The highest BCUT2D eigenvalue weighted by Crippen LogP contribution is 2.40. The van der Waals surface area contributed by atoms with E-state index in [1.165, 1.54) is 16.7 Å². The lowest BCUT2D eigenvalue weighted by Crippen LogP contribution is -2.07. The van der Waals surface area contributed by atoms with E-state index in [2.05, 4.69) is 6.07 Å². The highest BCUT2D eigenvalue weighted by molar-refractivity contribution is 6.11. The van der Waals surface area contributed by atoms with E-state index in [-0.39, 0.29) is 83.6 Å². The Hall–Kier alpha value is -7.36. The Labute approximate surface area is 321 Å². The van der Waals surface area contributed by atoms with Crippen LogP contribution in [0.2, 0.25) is 0 Å². The molecule has 0 N–H and O–H groups in total. The summed E-state index contributed by atoms with van der Waals surface area (Å²) in [6, 6.07) is 11.6. The van der Waals surface area contributed by atoms with Crippen molar-refractivity contribution >= 4 is 43.6 Å². The quantitative estimate of drug-likeness (QED) is 0.181. The van der Waals surface area contributed by atoms with E-state index < -0.39 is 96.7 Å². The van der Waals surface area contributed by atoms with Gasteiger partial charge in [0, 0.05) is 38.2 Å². The SMILES string of the molecule is [2H]c1c([2H])c([2H])c2c(c1[2H])c1c([2H])c([2H])c([2H])c([2H])c1n2-c1cc(-n2c3c([2H])c([2H])c([2H])c([2H])c3c3c([2H])c([2H])c([2H])c([2H])c32)c(-c2nc(-c3ccccc3)nc(-c3ccccc3)n2)cc1C#N. The van der Waals surface area contributed by atoms with Crippen LogP contribution >= 0.6 is 0 Å². The Kier molecular flexibility index (Phi) is 4.01. The molecule has 0 radical (unpaired) electrons. The van der Waals surface area contributed by atoms with Gasteiger partial charge in [-0.25, -0.2) is 15.0 Å². The molecule has 10 rings (SSSR count). The summed E-state index contributed by atoms with van der Waals surface area (Å²) in [6.45, 7) is 0. The van der Waals surface area contributed by atoms with Gasteiger partial charge < -0.3 is 9.13 Å². The summed E-state index contributed by atoms with van der Waals surface area (Å²) < 4.78 is 145. The summed E-state index contributed by atoms with van der Waals surface area (Å²) in [5.41, 5.74) is -0.965. The molecule has 3 aromatic heterocycles. The van der Waals surface area contributed by atoms with Crippen LogP contribution in [0.3, 0.4) is 0 Å². The molecule has 0 bridgehead atoms.